The van der Waals surface area contributed by atoms with Crippen LogP contribution in [0.3, 0.4) is 0 Å². The molecule has 4 aromatic rings. The lowest BCUT2D eigenvalue weighted by Crippen LogP contribution is -2.41. The molecule has 2 aromatic carbocycles. The van der Waals surface area contributed by atoms with Gasteiger partial charge in [0.1, 0.15) is 11.5 Å². The zero-order valence-corrected chi connectivity index (χ0v) is 24.8. The number of hydrogen-bond acceptors (Lipinski definition) is 7. The smallest absolute Gasteiger partial charge is 0.191 e. The van der Waals surface area contributed by atoms with Crippen molar-refractivity contribution >= 4 is 30.7 Å². The minimum Gasteiger partial charge on any atom is -0.497 e. The number of methoxy groups -OCH3 is 2. The summed E-state index contributed by atoms with van der Waals surface area (Å²) in [5.41, 5.74) is 5.37. The Balaban J connectivity index is 1.68. The molecule has 0 spiro atoms. The first-order chi connectivity index (χ1) is 18.0. The van der Waals surface area contributed by atoms with Gasteiger partial charge >= 0.3 is 0 Å². The van der Waals surface area contributed by atoms with Gasteiger partial charge in [-0.05, 0) is 42.8 Å². The number of nitrogens with zero attached hydrogens (tertiary/aromatic N) is 5. The molecule has 8 nitrogen and oxygen atoms in total. The van der Waals surface area contributed by atoms with Gasteiger partial charge in [-0.15, -0.1) is 0 Å². The normalized spacial score (nSPS) is 12.1. The summed E-state index contributed by atoms with van der Waals surface area (Å²) in [5, 5.41) is 4.45. The zero-order chi connectivity index (χ0) is 27.5. The van der Waals surface area contributed by atoms with E-state index in [1.165, 1.54) is 0 Å². The van der Waals surface area contributed by atoms with E-state index in [4.69, 9.17) is 18.9 Å². The average molecular weight is 534 g/mol. The Labute approximate surface area is 226 Å². The summed E-state index contributed by atoms with van der Waals surface area (Å²) in [4.78, 5) is 11.8. The maximum Gasteiger partial charge on any atom is 0.191 e. The summed E-state index contributed by atoms with van der Waals surface area (Å²) in [6, 6.07) is 12.1. The second-order valence-electron chi connectivity index (χ2n) is 11.0. The lowest BCUT2D eigenvalue weighted by atomic mass is 10.2. The molecule has 0 fully saturated rings. The predicted molar refractivity (Wildman–Crippen MR) is 156 cm³/mol. The van der Waals surface area contributed by atoms with Crippen molar-refractivity contribution in [3.8, 4) is 22.8 Å². The highest BCUT2D eigenvalue weighted by atomic mass is 28.4. The minimum atomic E-state index is -1.82. The van der Waals surface area contributed by atoms with Crippen molar-refractivity contribution in [3.05, 3.63) is 55.0 Å². The van der Waals surface area contributed by atoms with Crippen LogP contribution < -0.4 is 14.4 Å². The molecule has 0 aliphatic rings. The van der Waals surface area contributed by atoms with E-state index >= 15 is 0 Å². The molecule has 0 aliphatic heterocycles. The molecule has 0 unspecified atom stereocenters. The van der Waals surface area contributed by atoms with Crippen LogP contribution in [0.4, 0.5) is 11.4 Å². The molecule has 38 heavy (non-hydrogen) atoms. The number of benzene rings is 2. The topological polar surface area (TPSA) is 74.5 Å². The number of anilines is 2. The number of rotatable bonds is 10. The fourth-order valence-electron chi connectivity index (χ4n) is 3.98. The van der Waals surface area contributed by atoms with Crippen LogP contribution in [0.1, 0.15) is 27.2 Å². The first-order valence-electron chi connectivity index (χ1n) is 12.9. The van der Waals surface area contributed by atoms with Crippen molar-refractivity contribution in [1.29, 1.82) is 0 Å². The van der Waals surface area contributed by atoms with Gasteiger partial charge in [-0.2, -0.15) is 5.10 Å². The van der Waals surface area contributed by atoms with Crippen LogP contribution in [0.5, 0.6) is 11.5 Å². The van der Waals surface area contributed by atoms with Gasteiger partial charge in [0.05, 0.1) is 43.3 Å². The summed E-state index contributed by atoms with van der Waals surface area (Å²) in [6.07, 6.45) is 6.40. The van der Waals surface area contributed by atoms with Gasteiger partial charge in [0.15, 0.2) is 8.32 Å². The summed E-state index contributed by atoms with van der Waals surface area (Å²) in [6.45, 7) is 12.8. The van der Waals surface area contributed by atoms with E-state index in [1.807, 2.05) is 37.5 Å². The first-order valence-corrected chi connectivity index (χ1v) is 15.8. The maximum absolute atomic E-state index is 6.48. The highest BCUT2D eigenvalue weighted by Gasteiger charge is 2.36. The van der Waals surface area contributed by atoms with Gasteiger partial charge in [-0.1, -0.05) is 20.8 Å². The first kappa shape index (κ1) is 27.6. The van der Waals surface area contributed by atoms with Crippen molar-refractivity contribution in [3.63, 3.8) is 0 Å². The molecule has 0 N–H and O–H groups in total. The molecule has 0 saturated carbocycles. The fraction of sp³-hybridized carbons (Fsp3) is 0.414. The molecule has 9 heteroatoms. The molecule has 0 amide bonds. The third-order valence-electron chi connectivity index (χ3n) is 7.28. The van der Waals surface area contributed by atoms with Crippen molar-refractivity contribution in [2.24, 2.45) is 7.05 Å². The van der Waals surface area contributed by atoms with Gasteiger partial charge in [-0.25, -0.2) is 4.98 Å². The maximum atomic E-state index is 6.48. The number of aromatic nitrogens is 4. The van der Waals surface area contributed by atoms with Crippen LogP contribution in [-0.4, -0.2) is 55.4 Å². The summed E-state index contributed by atoms with van der Waals surface area (Å²) < 4.78 is 19.4. The van der Waals surface area contributed by atoms with E-state index in [9.17, 15) is 0 Å². The van der Waals surface area contributed by atoms with Crippen LogP contribution in [0.15, 0.2) is 55.0 Å². The molecular weight excluding hydrogens is 494 g/mol. The van der Waals surface area contributed by atoms with Crippen molar-refractivity contribution in [2.75, 3.05) is 32.3 Å². The molecule has 2 aromatic heterocycles. The van der Waals surface area contributed by atoms with Gasteiger partial charge in [0, 0.05) is 61.5 Å². The van der Waals surface area contributed by atoms with Gasteiger partial charge < -0.3 is 18.8 Å². The van der Waals surface area contributed by atoms with Crippen LogP contribution >= 0.6 is 0 Å². The van der Waals surface area contributed by atoms with Crippen molar-refractivity contribution in [2.45, 2.75) is 45.3 Å². The summed E-state index contributed by atoms with van der Waals surface area (Å²) in [5.74, 6) is 1.47. The van der Waals surface area contributed by atoms with E-state index in [1.54, 1.807) is 31.3 Å². The Bertz CT molecular complexity index is 1370. The monoisotopic (exact) mass is 533 g/mol. The Morgan fingerprint density at radius 1 is 0.921 bits per heavy atom. The predicted octanol–water partition coefficient (Wildman–Crippen LogP) is 6.60. The Morgan fingerprint density at radius 2 is 1.63 bits per heavy atom. The van der Waals surface area contributed by atoms with Gasteiger partial charge in [-0.3, -0.25) is 9.67 Å². The Morgan fingerprint density at radius 3 is 2.24 bits per heavy atom. The van der Waals surface area contributed by atoms with Crippen LogP contribution in [-0.2, 0) is 11.5 Å². The Kier molecular flexibility index (Phi) is 8.08. The molecule has 0 saturated heterocycles. The molecule has 0 radical (unpaired) electrons. The average Bonchev–Trinajstić information content (AvgIpc) is 3.33. The minimum absolute atomic E-state index is 0.176. The van der Waals surface area contributed by atoms with Crippen LogP contribution in [0.25, 0.3) is 22.3 Å². The lowest BCUT2D eigenvalue weighted by Gasteiger charge is -2.36. The highest BCUT2D eigenvalue weighted by molar-refractivity contribution is 6.74. The van der Waals surface area contributed by atoms with Crippen molar-refractivity contribution in [1.82, 2.24) is 19.7 Å². The Hall–Kier alpha value is -3.43. The molecule has 0 bridgehead atoms. The number of aryl methyl sites for hydroxylation is 1. The van der Waals surface area contributed by atoms with Crippen LogP contribution in [0.2, 0.25) is 18.1 Å². The number of fused-ring (bicyclic) bond motifs is 1. The molecule has 0 aliphatic carbocycles. The SMILES string of the molecule is COc1cc(OC)cc(N(CCCO[Si](C)(C)C(C)(C)C)c2ccc3ncc(-c4cnn(C)c4)nc3c2)c1. The van der Waals surface area contributed by atoms with E-state index in [-0.39, 0.29) is 5.04 Å². The standard InChI is InChI=1S/C29H39N5O3Si/c1-29(2,3)38(7,8)37-13-9-12-34(23-14-24(35-5)17-25(15-23)36-6)22-10-11-26-27(16-22)32-28(19-30-26)21-18-31-33(4)20-21/h10-11,14-20H,9,12-13H2,1-8H3. The second-order valence-corrected chi connectivity index (χ2v) is 15.8. The van der Waals surface area contributed by atoms with Gasteiger partial charge in [0.25, 0.3) is 0 Å². The number of hydrogen-bond donors (Lipinski definition) is 0. The second kappa shape index (κ2) is 11.1. The van der Waals surface area contributed by atoms with Crippen LogP contribution in [0, 0.1) is 0 Å². The molecule has 4 rings (SSSR count). The highest BCUT2D eigenvalue weighted by Crippen LogP contribution is 2.37. The quantitative estimate of drug-likeness (QED) is 0.168. The molecule has 2 heterocycles. The summed E-state index contributed by atoms with van der Waals surface area (Å²) in [7, 11) is 3.41. The van der Waals surface area contributed by atoms with E-state index in [2.05, 4.69) is 61.0 Å². The van der Waals surface area contributed by atoms with E-state index in [0.717, 1.165) is 58.1 Å². The third kappa shape index (κ3) is 6.16. The van der Waals surface area contributed by atoms with E-state index in [0.29, 0.717) is 6.61 Å². The van der Waals surface area contributed by atoms with E-state index < -0.39 is 8.32 Å². The molecular formula is C29H39N5O3Si. The van der Waals surface area contributed by atoms with Gasteiger partial charge in [0.2, 0.25) is 0 Å². The third-order valence-corrected chi connectivity index (χ3v) is 11.8. The zero-order valence-electron chi connectivity index (χ0n) is 23.8. The summed E-state index contributed by atoms with van der Waals surface area (Å²) >= 11 is 0. The molecule has 0 atom stereocenters. The molecule has 202 valence electrons. The largest absolute Gasteiger partial charge is 0.497 e. The number of ether oxygens (including phenoxy) is 2. The fourth-order valence-corrected chi connectivity index (χ4v) is 5.07. The van der Waals surface area contributed by atoms with Crippen molar-refractivity contribution < 1.29 is 13.9 Å². The lowest BCUT2D eigenvalue weighted by molar-refractivity contribution is 0.284.